The first-order valence-corrected chi connectivity index (χ1v) is 9.90. The van der Waals surface area contributed by atoms with Crippen LogP contribution in [0.25, 0.3) is 10.9 Å². The Morgan fingerprint density at radius 3 is 2.50 bits per heavy atom. The molecule has 0 saturated carbocycles. The monoisotopic (exact) mass is 407 g/mol. The van der Waals surface area contributed by atoms with Crippen LogP contribution in [0.5, 0.6) is 5.75 Å². The highest BCUT2D eigenvalue weighted by Gasteiger charge is 2.21. The molecule has 0 bridgehead atoms. The smallest absolute Gasteiger partial charge is 0.261 e. The zero-order valence-corrected chi connectivity index (χ0v) is 17.3. The van der Waals surface area contributed by atoms with Crippen LogP contribution >= 0.6 is 0 Å². The van der Waals surface area contributed by atoms with Crippen LogP contribution in [-0.2, 0) is 11.3 Å². The molecule has 1 amide bonds. The molecule has 1 aromatic heterocycles. The Balaban J connectivity index is 1.74. The van der Waals surface area contributed by atoms with Gasteiger partial charge >= 0.3 is 0 Å². The molecule has 0 spiro atoms. The third kappa shape index (κ3) is 4.92. The van der Waals surface area contributed by atoms with Gasteiger partial charge in [0.25, 0.3) is 11.5 Å². The summed E-state index contributed by atoms with van der Waals surface area (Å²) in [6.07, 6.45) is 0.747. The molecule has 1 atom stereocenters. The molecule has 1 heterocycles. The summed E-state index contributed by atoms with van der Waals surface area (Å²) in [6.45, 7) is 5.46. The van der Waals surface area contributed by atoms with E-state index in [0.717, 1.165) is 6.42 Å². The Morgan fingerprint density at radius 1 is 1.13 bits per heavy atom. The summed E-state index contributed by atoms with van der Waals surface area (Å²) in [4.78, 5) is 45.5. The average molecular weight is 407 g/mol. The van der Waals surface area contributed by atoms with Crippen molar-refractivity contribution in [2.45, 2.75) is 39.8 Å². The number of nitrogens with zero attached hydrogens (tertiary/aromatic N) is 2. The lowest BCUT2D eigenvalue weighted by atomic mass is 10.1. The lowest BCUT2D eigenvalue weighted by molar-refractivity contribution is -0.136. The summed E-state index contributed by atoms with van der Waals surface area (Å²) >= 11 is 0. The summed E-state index contributed by atoms with van der Waals surface area (Å²) in [5, 5.41) is 0.514. The van der Waals surface area contributed by atoms with E-state index in [2.05, 4.69) is 9.97 Å². The molecule has 0 fully saturated rings. The van der Waals surface area contributed by atoms with Gasteiger partial charge in [-0.3, -0.25) is 14.4 Å². The summed E-state index contributed by atoms with van der Waals surface area (Å²) < 4.78 is 5.61. The van der Waals surface area contributed by atoms with Gasteiger partial charge in [-0.2, -0.15) is 0 Å². The van der Waals surface area contributed by atoms with Gasteiger partial charge in [-0.15, -0.1) is 0 Å². The van der Waals surface area contributed by atoms with Gasteiger partial charge in [0.1, 0.15) is 11.6 Å². The van der Waals surface area contributed by atoms with Crippen molar-refractivity contribution < 1.29 is 14.3 Å². The highest BCUT2D eigenvalue weighted by atomic mass is 16.5. The molecule has 0 radical (unpaired) electrons. The number of fused-ring (bicyclic) bond motifs is 1. The number of benzene rings is 2. The Morgan fingerprint density at radius 2 is 1.83 bits per heavy atom. The zero-order chi connectivity index (χ0) is 21.7. The number of carbonyl (C=O) groups is 2. The first-order chi connectivity index (χ1) is 14.4. The second kappa shape index (κ2) is 9.35. The number of rotatable bonds is 8. The third-order valence-electron chi connectivity index (χ3n) is 5.05. The fourth-order valence-corrected chi connectivity index (χ4v) is 3.10. The number of hydrogen-bond donors (Lipinski definition) is 1. The molecule has 156 valence electrons. The molecule has 0 unspecified atom stereocenters. The average Bonchev–Trinajstić information content (AvgIpc) is 2.75. The van der Waals surface area contributed by atoms with E-state index in [-0.39, 0.29) is 36.4 Å². The summed E-state index contributed by atoms with van der Waals surface area (Å²) in [6, 6.07) is 13.7. The minimum Gasteiger partial charge on any atom is -0.484 e. The van der Waals surface area contributed by atoms with E-state index in [1.807, 2.05) is 19.9 Å². The van der Waals surface area contributed by atoms with E-state index in [9.17, 15) is 14.4 Å². The molecule has 0 aliphatic heterocycles. The van der Waals surface area contributed by atoms with E-state index in [4.69, 9.17) is 4.74 Å². The maximum atomic E-state index is 12.9. The van der Waals surface area contributed by atoms with Gasteiger partial charge < -0.3 is 14.6 Å². The maximum Gasteiger partial charge on any atom is 0.261 e. The lowest BCUT2D eigenvalue weighted by Gasteiger charge is -2.28. The van der Waals surface area contributed by atoms with Crippen LogP contribution in [0.3, 0.4) is 0 Å². The van der Waals surface area contributed by atoms with Crippen molar-refractivity contribution in [3.63, 3.8) is 0 Å². The topological polar surface area (TPSA) is 92.4 Å². The number of nitrogens with one attached hydrogen (secondary N) is 1. The quantitative estimate of drug-likeness (QED) is 0.578. The Kier molecular flexibility index (Phi) is 6.61. The second-order valence-corrected chi connectivity index (χ2v) is 7.18. The Hall–Kier alpha value is -3.48. The van der Waals surface area contributed by atoms with Gasteiger partial charge in [0.15, 0.2) is 12.4 Å². The summed E-state index contributed by atoms with van der Waals surface area (Å²) in [5.74, 6) is 0.695. The molecule has 7 nitrogen and oxygen atoms in total. The lowest BCUT2D eigenvalue weighted by Crippen LogP contribution is -2.41. The summed E-state index contributed by atoms with van der Waals surface area (Å²) in [7, 11) is 0. The highest BCUT2D eigenvalue weighted by Crippen LogP contribution is 2.15. The normalized spacial score (nSPS) is 11.8. The number of carbonyl (C=O) groups excluding carboxylic acids is 2. The largest absolute Gasteiger partial charge is 0.484 e. The number of amides is 1. The zero-order valence-electron chi connectivity index (χ0n) is 17.3. The first kappa shape index (κ1) is 21.2. The van der Waals surface area contributed by atoms with Crippen LogP contribution < -0.4 is 10.3 Å². The van der Waals surface area contributed by atoms with Crippen LogP contribution in [0.4, 0.5) is 0 Å². The van der Waals surface area contributed by atoms with Crippen molar-refractivity contribution in [1.29, 1.82) is 0 Å². The molecular weight excluding hydrogens is 382 g/mol. The Bertz CT molecular complexity index is 1110. The van der Waals surface area contributed by atoms with Crippen LogP contribution in [0, 0.1) is 0 Å². The number of H-pyrrole nitrogens is 1. The van der Waals surface area contributed by atoms with Crippen molar-refractivity contribution >= 4 is 22.6 Å². The number of aromatic nitrogens is 2. The molecule has 0 aliphatic rings. The van der Waals surface area contributed by atoms with Crippen molar-refractivity contribution in [1.82, 2.24) is 14.9 Å². The molecule has 0 saturated heterocycles. The molecule has 3 rings (SSSR count). The molecule has 3 aromatic rings. The van der Waals surface area contributed by atoms with Gasteiger partial charge in [-0.05, 0) is 56.7 Å². The van der Waals surface area contributed by atoms with Crippen molar-refractivity contribution in [2.75, 3.05) is 6.61 Å². The minimum absolute atomic E-state index is 0.0301. The predicted molar refractivity (Wildman–Crippen MR) is 115 cm³/mol. The molecule has 7 heteroatoms. The van der Waals surface area contributed by atoms with Gasteiger partial charge in [-0.1, -0.05) is 19.1 Å². The van der Waals surface area contributed by atoms with E-state index < -0.39 is 0 Å². The first-order valence-electron chi connectivity index (χ1n) is 9.90. The van der Waals surface area contributed by atoms with Crippen LogP contribution in [-0.4, -0.2) is 39.2 Å². The van der Waals surface area contributed by atoms with Crippen LogP contribution in [0.15, 0.2) is 53.3 Å². The molecular formula is C23H25N3O4. The standard InChI is InChI=1S/C23H25N3O4/c1-4-15(2)26(13-21-24-20-8-6-5-7-19(20)23(29)25-21)22(28)14-30-18-11-9-17(10-12-18)16(3)27/h5-12,15H,4,13-14H2,1-3H3,(H,24,25,29)/t15-/m0/s1. The van der Waals surface area contributed by atoms with Crippen molar-refractivity contribution in [2.24, 2.45) is 0 Å². The van der Waals surface area contributed by atoms with E-state index in [1.54, 1.807) is 47.4 Å². The highest BCUT2D eigenvalue weighted by molar-refractivity contribution is 5.94. The van der Waals surface area contributed by atoms with E-state index in [0.29, 0.717) is 28.0 Å². The number of ketones is 1. The number of hydrogen-bond acceptors (Lipinski definition) is 5. The number of Topliss-reactive ketones (excluding diaryl/α,β-unsaturated/α-hetero) is 1. The molecule has 0 aliphatic carbocycles. The molecule has 2 aromatic carbocycles. The number of ether oxygens (including phenoxy) is 1. The van der Waals surface area contributed by atoms with Crippen molar-refractivity contribution in [3.8, 4) is 5.75 Å². The maximum absolute atomic E-state index is 12.9. The van der Waals surface area contributed by atoms with Crippen LogP contribution in [0.2, 0.25) is 0 Å². The predicted octanol–water partition coefficient (Wildman–Crippen LogP) is 3.33. The fraction of sp³-hybridized carbons (Fsp3) is 0.304. The number of para-hydroxylation sites is 1. The second-order valence-electron chi connectivity index (χ2n) is 7.18. The molecule has 30 heavy (non-hydrogen) atoms. The van der Waals surface area contributed by atoms with Crippen molar-refractivity contribution in [3.05, 3.63) is 70.3 Å². The minimum atomic E-state index is -0.228. The third-order valence-corrected chi connectivity index (χ3v) is 5.05. The fourth-order valence-electron chi connectivity index (χ4n) is 3.10. The van der Waals surface area contributed by atoms with E-state index in [1.165, 1.54) is 6.92 Å². The SMILES string of the molecule is CC[C@H](C)N(Cc1nc2ccccc2c(=O)[nH]1)C(=O)COc1ccc(C(C)=O)cc1. The van der Waals surface area contributed by atoms with Gasteiger partial charge in [-0.25, -0.2) is 4.98 Å². The summed E-state index contributed by atoms with van der Waals surface area (Å²) in [5.41, 5.74) is 0.949. The van der Waals surface area contributed by atoms with Crippen LogP contribution in [0.1, 0.15) is 43.4 Å². The van der Waals surface area contributed by atoms with E-state index >= 15 is 0 Å². The van der Waals surface area contributed by atoms with Gasteiger partial charge in [0, 0.05) is 11.6 Å². The molecule has 1 N–H and O–H groups in total. The van der Waals surface area contributed by atoms with Gasteiger partial charge in [0.2, 0.25) is 0 Å². The Labute approximate surface area is 174 Å². The van der Waals surface area contributed by atoms with Gasteiger partial charge in [0.05, 0.1) is 17.4 Å². The number of aromatic amines is 1.